The second kappa shape index (κ2) is 8.89. The molecule has 86 valence electrons. The average molecular weight is 218 g/mol. The fourth-order valence-electron chi connectivity index (χ4n) is 0.240. The number of rotatable bonds is 4. The molecule has 6 nitrogen and oxygen atoms in total. The Morgan fingerprint density at radius 2 is 1.67 bits per heavy atom. The quantitative estimate of drug-likeness (QED) is 0.383. The number of aliphatic carboxylic acids is 1. The molecule has 0 spiro atoms. The number of hydrogen-bond acceptors (Lipinski definition) is 5. The smallest absolute Gasteiger partial charge is 0.374 e. The number of carboxylic acid groups (broad SMARTS) is 1. The standard InChI is InChI=1S/C5H8O4.C4H6O2/c1-4(7)5(8)9-3-2-6;1-3(2)4(5)6/h6H,2-3H2,1H3;1H2,2H3,(H,5,6). The summed E-state index contributed by atoms with van der Waals surface area (Å²) in [7, 11) is 0. The minimum absolute atomic E-state index is 0.113. The molecule has 0 aliphatic heterocycles. The van der Waals surface area contributed by atoms with Crippen LogP contribution in [0, 0.1) is 0 Å². The van der Waals surface area contributed by atoms with Gasteiger partial charge in [0.2, 0.25) is 5.78 Å². The molecule has 0 radical (unpaired) electrons. The van der Waals surface area contributed by atoms with Crippen LogP contribution in [0.5, 0.6) is 0 Å². The van der Waals surface area contributed by atoms with Crippen LogP contribution < -0.4 is 0 Å². The molecule has 0 aromatic heterocycles. The van der Waals surface area contributed by atoms with Crippen LogP contribution in [-0.2, 0) is 19.1 Å². The SMILES string of the molecule is C=C(C)C(=O)O.CC(=O)C(=O)OCCO. The van der Waals surface area contributed by atoms with E-state index in [2.05, 4.69) is 11.3 Å². The maximum atomic E-state index is 10.2. The van der Waals surface area contributed by atoms with Gasteiger partial charge in [-0.3, -0.25) is 4.79 Å². The van der Waals surface area contributed by atoms with Gasteiger partial charge in [-0.25, -0.2) is 9.59 Å². The Kier molecular flexibility index (Phi) is 9.34. The van der Waals surface area contributed by atoms with Crippen LogP contribution >= 0.6 is 0 Å². The molecule has 0 atom stereocenters. The molecule has 0 unspecified atom stereocenters. The van der Waals surface area contributed by atoms with Crippen LogP contribution in [0.15, 0.2) is 12.2 Å². The van der Waals surface area contributed by atoms with Crippen molar-refractivity contribution >= 4 is 17.7 Å². The Bertz CT molecular complexity index is 243. The summed E-state index contributed by atoms with van der Waals surface area (Å²) in [5, 5.41) is 16.0. The minimum Gasteiger partial charge on any atom is -0.478 e. The molecule has 6 heteroatoms. The van der Waals surface area contributed by atoms with Crippen LogP contribution in [-0.4, -0.2) is 41.1 Å². The normalized spacial score (nSPS) is 8.20. The molecular formula is C9H14O6. The highest BCUT2D eigenvalue weighted by molar-refractivity contribution is 6.32. The Balaban J connectivity index is 0. The van der Waals surface area contributed by atoms with Gasteiger partial charge >= 0.3 is 11.9 Å². The Morgan fingerprint density at radius 3 is 1.87 bits per heavy atom. The molecule has 2 N–H and O–H groups in total. The van der Waals surface area contributed by atoms with E-state index < -0.39 is 17.7 Å². The van der Waals surface area contributed by atoms with Crippen molar-refractivity contribution in [3.05, 3.63) is 12.2 Å². The highest BCUT2D eigenvalue weighted by atomic mass is 16.5. The molecule has 0 aromatic rings. The first-order valence-corrected chi connectivity index (χ1v) is 4.00. The number of carbonyl (C=O) groups excluding carboxylic acids is 2. The van der Waals surface area contributed by atoms with Crippen molar-refractivity contribution in [3.63, 3.8) is 0 Å². The first-order valence-electron chi connectivity index (χ1n) is 4.00. The highest BCUT2D eigenvalue weighted by Gasteiger charge is 2.06. The lowest BCUT2D eigenvalue weighted by molar-refractivity contribution is -0.153. The third kappa shape index (κ3) is 12.3. The van der Waals surface area contributed by atoms with E-state index in [4.69, 9.17) is 10.2 Å². The second-order valence-electron chi connectivity index (χ2n) is 2.50. The van der Waals surface area contributed by atoms with Crippen molar-refractivity contribution in [1.29, 1.82) is 0 Å². The molecule has 0 rings (SSSR count). The van der Waals surface area contributed by atoms with E-state index >= 15 is 0 Å². The maximum Gasteiger partial charge on any atom is 0.374 e. The third-order valence-corrected chi connectivity index (χ3v) is 0.977. The van der Waals surface area contributed by atoms with Gasteiger partial charge in [0, 0.05) is 12.5 Å². The third-order valence-electron chi connectivity index (χ3n) is 0.977. The molecule has 0 aliphatic carbocycles. The molecule has 0 aromatic carbocycles. The number of carbonyl (C=O) groups is 3. The van der Waals surface area contributed by atoms with Crippen LogP contribution in [0.3, 0.4) is 0 Å². The molecule has 0 bridgehead atoms. The Labute approximate surface area is 87.2 Å². The van der Waals surface area contributed by atoms with E-state index in [-0.39, 0.29) is 18.8 Å². The number of aliphatic hydroxyl groups excluding tert-OH is 1. The molecule has 0 amide bonds. The summed E-state index contributed by atoms with van der Waals surface area (Å²) < 4.78 is 4.21. The van der Waals surface area contributed by atoms with Gasteiger partial charge in [0.1, 0.15) is 6.61 Å². The van der Waals surface area contributed by atoms with E-state index in [9.17, 15) is 14.4 Å². The number of ketones is 1. The fraction of sp³-hybridized carbons (Fsp3) is 0.444. The van der Waals surface area contributed by atoms with E-state index in [0.29, 0.717) is 0 Å². The molecule has 0 saturated heterocycles. The predicted octanol–water partition coefficient (Wildman–Crippen LogP) is -0.242. The topological polar surface area (TPSA) is 101 Å². The number of ether oxygens (including phenoxy) is 1. The van der Waals surface area contributed by atoms with E-state index in [1.54, 1.807) is 0 Å². The summed E-state index contributed by atoms with van der Waals surface area (Å²) >= 11 is 0. The second-order valence-corrected chi connectivity index (χ2v) is 2.50. The van der Waals surface area contributed by atoms with Gasteiger partial charge in [-0.1, -0.05) is 6.58 Å². The van der Waals surface area contributed by atoms with Crippen molar-refractivity contribution in [2.45, 2.75) is 13.8 Å². The van der Waals surface area contributed by atoms with Gasteiger partial charge in [0.25, 0.3) is 0 Å². The maximum absolute atomic E-state index is 10.2. The summed E-state index contributed by atoms with van der Waals surface area (Å²) in [6, 6.07) is 0. The number of aliphatic hydroxyl groups is 1. The summed E-state index contributed by atoms with van der Waals surface area (Å²) in [6.45, 7) is 5.35. The fourth-order valence-corrected chi connectivity index (χ4v) is 0.240. The van der Waals surface area contributed by atoms with Gasteiger partial charge in [-0.15, -0.1) is 0 Å². The number of Topliss-reactive ketones (excluding diaryl/α,β-unsaturated/α-hetero) is 1. The van der Waals surface area contributed by atoms with Gasteiger partial charge in [-0.05, 0) is 6.92 Å². The van der Waals surface area contributed by atoms with Crippen LogP contribution in [0.1, 0.15) is 13.8 Å². The van der Waals surface area contributed by atoms with Crippen molar-refractivity contribution in [2.75, 3.05) is 13.2 Å². The Morgan fingerprint density at radius 1 is 1.27 bits per heavy atom. The zero-order chi connectivity index (χ0) is 12.4. The number of esters is 1. The van der Waals surface area contributed by atoms with E-state index in [1.165, 1.54) is 6.92 Å². The lowest BCUT2D eigenvalue weighted by Gasteiger charge is -1.96. The van der Waals surface area contributed by atoms with E-state index in [0.717, 1.165) is 6.92 Å². The van der Waals surface area contributed by atoms with Gasteiger partial charge in [0.05, 0.1) is 6.61 Å². The molecule has 0 heterocycles. The zero-order valence-electron chi connectivity index (χ0n) is 8.65. The Hall–Kier alpha value is -1.69. The summed E-state index contributed by atoms with van der Waals surface area (Å²) in [5.41, 5.74) is 0.176. The largest absolute Gasteiger partial charge is 0.478 e. The first-order chi connectivity index (χ1) is 6.82. The number of hydrogen-bond donors (Lipinski definition) is 2. The van der Waals surface area contributed by atoms with Crippen molar-refractivity contribution < 1.29 is 29.3 Å². The molecule has 0 aliphatic rings. The van der Waals surface area contributed by atoms with Gasteiger partial charge in [-0.2, -0.15) is 0 Å². The number of carboxylic acids is 1. The van der Waals surface area contributed by atoms with Crippen LogP contribution in [0.25, 0.3) is 0 Å². The first kappa shape index (κ1) is 15.8. The van der Waals surface area contributed by atoms with Crippen molar-refractivity contribution in [1.82, 2.24) is 0 Å². The van der Waals surface area contributed by atoms with Gasteiger partial charge < -0.3 is 14.9 Å². The van der Waals surface area contributed by atoms with Crippen LogP contribution in [0.4, 0.5) is 0 Å². The molecular weight excluding hydrogens is 204 g/mol. The summed E-state index contributed by atoms with van der Waals surface area (Å²) in [6.07, 6.45) is 0. The van der Waals surface area contributed by atoms with E-state index in [1.807, 2.05) is 0 Å². The molecule has 0 saturated carbocycles. The van der Waals surface area contributed by atoms with Crippen molar-refractivity contribution in [3.8, 4) is 0 Å². The molecule has 15 heavy (non-hydrogen) atoms. The van der Waals surface area contributed by atoms with Gasteiger partial charge in [0.15, 0.2) is 0 Å². The van der Waals surface area contributed by atoms with Crippen molar-refractivity contribution in [2.24, 2.45) is 0 Å². The summed E-state index contributed by atoms with van der Waals surface area (Å²) in [5.74, 6) is -2.48. The summed E-state index contributed by atoms with van der Waals surface area (Å²) in [4.78, 5) is 29.9. The lowest BCUT2D eigenvalue weighted by atomic mass is 10.4. The molecule has 0 fully saturated rings. The zero-order valence-corrected chi connectivity index (χ0v) is 8.65. The average Bonchev–Trinajstić information content (AvgIpc) is 2.14. The monoisotopic (exact) mass is 218 g/mol. The minimum atomic E-state index is -0.935. The lowest BCUT2D eigenvalue weighted by Crippen LogP contribution is -2.15. The predicted molar refractivity (Wildman–Crippen MR) is 51.2 cm³/mol. The van der Waals surface area contributed by atoms with Crippen LogP contribution in [0.2, 0.25) is 0 Å². The highest BCUT2D eigenvalue weighted by Crippen LogP contribution is 1.81.